The lowest BCUT2D eigenvalue weighted by molar-refractivity contribution is -0.120. The molecule has 0 radical (unpaired) electrons. The molecule has 132 valence electrons. The zero-order valence-corrected chi connectivity index (χ0v) is 15.3. The molecule has 0 saturated heterocycles. The maximum Gasteiger partial charge on any atom is 0.228 e. The summed E-state index contributed by atoms with van der Waals surface area (Å²) < 4.78 is 1.91. The van der Waals surface area contributed by atoms with Crippen LogP contribution in [0.2, 0.25) is 0 Å². The second-order valence-corrected chi connectivity index (χ2v) is 7.78. The summed E-state index contributed by atoms with van der Waals surface area (Å²) in [5, 5.41) is 7.88. The number of allylic oxidation sites excluding steroid dienone is 2. The van der Waals surface area contributed by atoms with Gasteiger partial charge in [0.15, 0.2) is 0 Å². The Hall–Kier alpha value is -2.36. The van der Waals surface area contributed by atoms with Gasteiger partial charge in [-0.15, -0.1) is 0 Å². The number of hydrogen-bond acceptors (Lipinski definition) is 2. The summed E-state index contributed by atoms with van der Waals surface area (Å²) in [5.41, 5.74) is 2.10. The molecule has 2 aromatic rings. The fourth-order valence-electron chi connectivity index (χ4n) is 3.02. The van der Waals surface area contributed by atoms with Crippen molar-refractivity contribution in [3.05, 3.63) is 59.8 Å². The Morgan fingerprint density at radius 2 is 2.00 bits per heavy atom. The molecular weight excluding hydrogens is 310 g/mol. The van der Waals surface area contributed by atoms with Gasteiger partial charge in [-0.1, -0.05) is 63.3 Å². The molecule has 1 N–H and O–H groups in total. The molecule has 0 spiro atoms. The summed E-state index contributed by atoms with van der Waals surface area (Å²) in [6.07, 6.45) is 6.98. The Balaban J connectivity index is 1.84. The molecule has 1 aliphatic carbocycles. The van der Waals surface area contributed by atoms with Crippen LogP contribution in [0, 0.1) is 5.92 Å². The van der Waals surface area contributed by atoms with Gasteiger partial charge in [0.05, 0.1) is 12.2 Å². The van der Waals surface area contributed by atoms with E-state index in [1.807, 2.05) is 28.9 Å². The molecule has 1 aromatic carbocycles. The number of benzene rings is 1. The molecule has 1 amide bonds. The third-order valence-electron chi connectivity index (χ3n) is 4.61. The van der Waals surface area contributed by atoms with Gasteiger partial charge in [0.2, 0.25) is 5.91 Å². The average molecular weight is 337 g/mol. The van der Waals surface area contributed by atoms with Crippen LogP contribution in [0.3, 0.4) is 0 Å². The van der Waals surface area contributed by atoms with Crippen LogP contribution in [-0.2, 0) is 16.8 Å². The number of aromatic nitrogens is 2. The van der Waals surface area contributed by atoms with Crippen LogP contribution < -0.4 is 5.32 Å². The molecule has 0 saturated carbocycles. The Morgan fingerprint density at radius 1 is 1.24 bits per heavy atom. The number of nitrogens with one attached hydrogen (secondary N) is 1. The molecule has 1 aliphatic rings. The summed E-state index contributed by atoms with van der Waals surface area (Å²) >= 11 is 0. The Bertz CT molecular complexity index is 753. The Morgan fingerprint density at radius 3 is 2.64 bits per heavy atom. The van der Waals surface area contributed by atoms with Crippen LogP contribution in [0.4, 0.5) is 5.82 Å². The van der Waals surface area contributed by atoms with Crippen molar-refractivity contribution in [2.75, 3.05) is 5.32 Å². The van der Waals surface area contributed by atoms with E-state index in [4.69, 9.17) is 5.10 Å². The quantitative estimate of drug-likeness (QED) is 0.834. The molecular formula is C21H27N3O. The number of hydrogen-bond donors (Lipinski definition) is 1. The van der Waals surface area contributed by atoms with Gasteiger partial charge in [-0.3, -0.25) is 4.79 Å². The largest absolute Gasteiger partial charge is 0.311 e. The van der Waals surface area contributed by atoms with Crippen molar-refractivity contribution in [1.82, 2.24) is 9.78 Å². The van der Waals surface area contributed by atoms with E-state index in [9.17, 15) is 4.79 Å². The maximum atomic E-state index is 12.6. The second-order valence-electron chi connectivity index (χ2n) is 7.78. The molecule has 1 aromatic heterocycles. The lowest BCUT2D eigenvalue weighted by Crippen LogP contribution is -2.25. The highest BCUT2D eigenvalue weighted by Crippen LogP contribution is 2.26. The van der Waals surface area contributed by atoms with Crippen molar-refractivity contribution in [2.45, 2.75) is 52.0 Å². The molecule has 4 heteroatoms. The number of amides is 1. The van der Waals surface area contributed by atoms with Gasteiger partial charge in [-0.25, -0.2) is 4.68 Å². The first-order valence-corrected chi connectivity index (χ1v) is 9.01. The zero-order valence-electron chi connectivity index (χ0n) is 15.3. The van der Waals surface area contributed by atoms with E-state index in [-0.39, 0.29) is 17.2 Å². The van der Waals surface area contributed by atoms with Crippen LogP contribution in [0.1, 0.15) is 51.3 Å². The third-order valence-corrected chi connectivity index (χ3v) is 4.61. The number of anilines is 1. The zero-order chi connectivity index (χ0) is 17.9. The van der Waals surface area contributed by atoms with Crippen LogP contribution in [0.15, 0.2) is 48.6 Å². The van der Waals surface area contributed by atoms with E-state index in [2.05, 4.69) is 50.4 Å². The van der Waals surface area contributed by atoms with E-state index >= 15 is 0 Å². The highest BCUT2D eigenvalue weighted by atomic mass is 16.2. The van der Waals surface area contributed by atoms with Crippen molar-refractivity contribution in [2.24, 2.45) is 5.92 Å². The summed E-state index contributed by atoms with van der Waals surface area (Å²) in [7, 11) is 0. The molecule has 3 rings (SSSR count). The number of nitrogens with zero attached hydrogens (tertiary/aromatic N) is 2. The van der Waals surface area contributed by atoms with E-state index in [1.54, 1.807) is 0 Å². The Labute approximate surface area is 149 Å². The molecule has 0 aliphatic heterocycles. The molecule has 4 nitrogen and oxygen atoms in total. The molecule has 1 heterocycles. The first-order valence-electron chi connectivity index (χ1n) is 9.01. The molecule has 0 bridgehead atoms. The topological polar surface area (TPSA) is 46.9 Å². The number of rotatable bonds is 4. The van der Waals surface area contributed by atoms with Crippen molar-refractivity contribution < 1.29 is 4.79 Å². The fourth-order valence-corrected chi connectivity index (χ4v) is 3.02. The lowest BCUT2D eigenvalue weighted by Gasteiger charge is -2.17. The third kappa shape index (κ3) is 4.38. The van der Waals surface area contributed by atoms with E-state index < -0.39 is 0 Å². The van der Waals surface area contributed by atoms with Crippen LogP contribution in [0.5, 0.6) is 0 Å². The first kappa shape index (κ1) is 17.5. The SMILES string of the molecule is CC(C)(C)c1cc(NC(=O)C2CC=CCC2)n(Cc2ccccc2)n1. The smallest absolute Gasteiger partial charge is 0.228 e. The van der Waals surface area contributed by atoms with Crippen LogP contribution in [-0.4, -0.2) is 15.7 Å². The van der Waals surface area contributed by atoms with Gasteiger partial charge < -0.3 is 5.32 Å². The normalized spacial score (nSPS) is 17.5. The second kappa shape index (κ2) is 7.26. The van der Waals surface area contributed by atoms with Crippen molar-refractivity contribution in [3.63, 3.8) is 0 Å². The molecule has 0 fully saturated rings. The van der Waals surface area contributed by atoms with Gasteiger partial charge in [-0.05, 0) is 24.8 Å². The van der Waals surface area contributed by atoms with Crippen molar-refractivity contribution in [1.29, 1.82) is 0 Å². The minimum absolute atomic E-state index is 0.0585. The lowest BCUT2D eigenvalue weighted by atomic mass is 9.92. The molecule has 1 unspecified atom stereocenters. The number of carbonyl (C=O) groups is 1. The maximum absolute atomic E-state index is 12.6. The fraction of sp³-hybridized carbons (Fsp3) is 0.429. The summed E-state index contributed by atoms with van der Waals surface area (Å²) in [6.45, 7) is 7.07. The standard InChI is InChI=1S/C21H27N3O/c1-21(2,3)18-14-19(22-20(25)17-12-8-5-9-13-17)24(23-18)15-16-10-6-4-7-11-16/h4-8,10-11,14,17H,9,12-13,15H2,1-3H3,(H,22,25). The van der Waals surface area contributed by atoms with Crippen molar-refractivity contribution in [3.8, 4) is 0 Å². The van der Waals surface area contributed by atoms with Gasteiger partial charge in [0, 0.05) is 17.4 Å². The predicted molar refractivity (Wildman–Crippen MR) is 102 cm³/mol. The van der Waals surface area contributed by atoms with Gasteiger partial charge in [0.25, 0.3) is 0 Å². The summed E-state index contributed by atoms with van der Waals surface area (Å²) in [4.78, 5) is 12.6. The minimum Gasteiger partial charge on any atom is -0.311 e. The van der Waals surface area contributed by atoms with Gasteiger partial charge >= 0.3 is 0 Å². The van der Waals surface area contributed by atoms with Gasteiger partial charge in [0.1, 0.15) is 5.82 Å². The predicted octanol–water partition coefficient (Wildman–Crippen LogP) is 4.52. The summed E-state index contributed by atoms with van der Waals surface area (Å²) in [5.74, 6) is 0.940. The van der Waals surface area contributed by atoms with E-state index in [0.29, 0.717) is 6.54 Å². The summed E-state index contributed by atoms with van der Waals surface area (Å²) in [6, 6.07) is 12.2. The first-order chi connectivity index (χ1) is 11.9. The van der Waals surface area contributed by atoms with Crippen LogP contribution in [0.25, 0.3) is 0 Å². The van der Waals surface area contributed by atoms with Crippen LogP contribution >= 0.6 is 0 Å². The molecule has 25 heavy (non-hydrogen) atoms. The van der Waals surface area contributed by atoms with Gasteiger partial charge in [-0.2, -0.15) is 5.10 Å². The van der Waals surface area contributed by atoms with E-state index in [0.717, 1.165) is 30.8 Å². The molecule has 1 atom stereocenters. The Kier molecular flexibility index (Phi) is 5.07. The average Bonchev–Trinajstić information content (AvgIpc) is 2.99. The minimum atomic E-state index is -0.0605. The van der Waals surface area contributed by atoms with Crippen molar-refractivity contribution >= 4 is 11.7 Å². The highest BCUT2D eigenvalue weighted by molar-refractivity contribution is 5.92. The van der Waals surface area contributed by atoms with E-state index in [1.165, 1.54) is 5.56 Å². The number of carbonyl (C=O) groups excluding carboxylic acids is 1. The monoisotopic (exact) mass is 337 g/mol. The highest BCUT2D eigenvalue weighted by Gasteiger charge is 2.23.